The minimum absolute atomic E-state index is 0.0376. The molecule has 43 heavy (non-hydrogen) atoms. The van der Waals surface area contributed by atoms with Gasteiger partial charge in [-0.25, -0.2) is 9.97 Å². The first kappa shape index (κ1) is 25.5. The Morgan fingerprint density at radius 2 is 1.49 bits per heavy atom. The van der Waals surface area contributed by atoms with Gasteiger partial charge < -0.3 is 4.74 Å². The lowest BCUT2D eigenvalue weighted by Crippen LogP contribution is -2.59. The molecule has 0 N–H and O–H groups in total. The van der Waals surface area contributed by atoms with E-state index in [-0.39, 0.29) is 17.9 Å². The van der Waals surface area contributed by atoms with Gasteiger partial charge in [-0.1, -0.05) is 66.7 Å². The van der Waals surface area contributed by atoms with Crippen molar-refractivity contribution in [2.75, 3.05) is 7.11 Å². The Morgan fingerprint density at radius 1 is 0.814 bits per heavy atom. The number of aromatic nitrogens is 4. The van der Waals surface area contributed by atoms with Crippen LogP contribution in [0.1, 0.15) is 44.8 Å². The van der Waals surface area contributed by atoms with Crippen LogP contribution in [0.3, 0.4) is 0 Å². The smallest absolute Gasteiger partial charge is 0.262 e. The highest BCUT2D eigenvalue weighted by atomic mass is 16.5. The number of fused-ring (bicyclic) bond motifs is 4. The quantitative estimate of drug-likeness (QED) is 0.231. The highest BCUT2D eigenvalue weighted by molar-refractivity contribution is 6.22. The van der Waals surface area contributed by atoms with E-state index in [1.165, 1.54) is 4.90 Å². The molecule has 0 spiro atoms. The van der Waals surface area contributed by atoms with Gasteiger partial charge in [0.25, 0.3) is 11.8 Å². The number of carbonyl (C=O) groups excluding carboxylic acids is 2. The molecule has 0 radical (unpaired) electrons. The minimum Gasteiger partial charge on any atom is -0.381 e. The molecule has 2 aliphatic rings. The lowest BCUT2D eigenvalue weighted by molar-refractivity contribution is -0.0706. The summed E-state index contributed by atoms with van der Waals surface area (Å²) < 4.78 is 7.42. The van der Waals surface area contributed by atoms with Crippen molar-refractivity contribution in [3.8, 4) is 22.4 Å². The Morgan fingerprint density at radius 3 is 2.16 bits per heavy atom. The predicted octanol–water partition coefficient (Wildman–Crippen LogP) is 6.22. The van der Waals surface area contributed by atoms with Crippen LogP contribution in [0.2, 0.25) is 0 Å². The Bertz CT molecular complexity index is 2040. The van der Waals surface area contributed by atoms with Crippen molar-refractivity contribution in [1.29, 1.82) is 0 Å². The molecule has 1 aliphatic carbocycles. The molecule has 1 saturated carbocycles. The summed E-state index contributed by atoms with van der Waals surface area (Å²) in [5.74, 6) is -0.511. The van der Waals surface area contributed by atoms with Gasteiger partial charge >= 0.3 is 0 Å². The van der Waals surface area contributed by atoms with Crippen LogP contribution in [-0.2, 0) is 10.3 Å². The van der Waals surface area contributed by atoms with Gasteiger partial charge in [-0.2, -0.15) is 9.61 Å². The SMILES string of the molecule is CO[C@H]1C[C@](c2ccc(-c3nc4c(cnc5cc(C)nn54)cc3-c3ccccc3)cc2)(N2C(=O)c3ccccc3C2=O)C1. The average Bonchev–Trinajstić information content (AvgIpc) is 3.53. The maximum absolute atomic E-state index is 13.6. The lowest BCUT2D eigenvalue weighted by atomic mass is 9.68. The number of benzene rings is 3. The van der Waals surface area contributed by atoms with Gasteiger partial charge in [-0.15, -0.1) is 0 Å². The predicted molar refractivity (Wildman–Crippen MR) is 163 cm³/mol. The number of carbonyl (C=O) groups is 2. The summed E-state index contributed by atoms with van der Waals surface area (Å²) in [4.78, 5) is 38.4. The fraction of sp³-hybridized carbons (Fsp3) is 0.171. The number of nitrogens with zero attached hydrogens (tertiary/aromatic N) is 5. The van der Waals surface area contributed by atoms with Crippen molar-refractivity contribution in [2.45, 2.75) is 31.4 Å². The summed E-state index contributed by atoms with van der Waals surface area (Å²) in [5, 5.41) is 5.53. The van der Waals surface area contributed by atoms with E-state index in [0.717, 1.165) is 50.3 Å². The molecule has 3 aromatic carbocycles. The zero-order valence-corrected chi connectivity index (χ0v) is 23.7. The van der Waals surface area contributed by atoms with Crippen molar-refractivity contribution in [3.63, 3.8) is 0 Å². The van der Waals surface area contributed by atoms with Crippen LogP contribution in [0.15, 0.2) is 97.2 Å². The van der Waals surface area contributed by atoms with Crippen LogP contribution in [0.25, 0.3) is 39.1 Å². The molecule has 210 valence electrons. The molecular formula is C35H27N5O3. The second-order valence-electron chi connectivity index (χ2n) is 11.3. The number of amides is 2. The Labute approximate surface area is 247 Å². The van der Waals surface area contributed by atoms with E-state index in [9.17, 15) is 9.59 Å². The third-order valence-electron chi connectivity index (χ3n) is 8.85. The Kier molecular flexibility index (Phi) is 5.58. The molecule has 4 heterocycles. The van der Waals surface area contributed by atoms with Crippen molar-refractivity contribution in [2.24, 2.45) is 0 Å². The number of imide groups is 1. The fourth-order valence-electron chi connectivity index (χ4n) is 6.63. The summed E-state index contributed by atoms with van der Waals surface area (Å²) in [6.45, 7) is 1.94. The van der Waals surface area contributed by atoms with Crippen LogP contribution in [0.5, 0.6) is 0 Å². The van der Waals surface area contributed by atoms with Gasteiger partial charge in [0, 0.05) is 48.7 Å². The summed E-state index contributed by atoms with van der Waals surface area (Å²) >= 11 is 0. The molecule has 8 heteroatoms. The highest BCUT2D eigenvalue weighted by Crippen LogP contribution is 2.51. The number of methoxy groups -OCH3 is 1. The average molecular weight is 566 g/mol. The molecule has 0 unspecified atom stereocenters. The monoisotopic (exact) mass is 565 g/mol. The standard InChI is InChI=1S/C35H27N5O3/c1-21-16-30-36-20-24-17-29(22-8-4-3-5-9-22)31(37-32(24)40(30)38-21)23-12-14-25(15-13-23)35(18-26(19-35)43-2)39-33(41)27-10-6-7-11-28(27)34(39)42/h3-17,20,26H,18-19H2,1-2H3/t26-,35-. The molecule has 8 rings (SSSR count). The topological polar surface area (TPSA) is 89.7 Å². The molecule has 2 amide bonds. The van der Waals surface area contributed by atoms with Crippen LogP contribution < -0.4 is 0 Å². The number of pyridine rings is 1. The third kappa shape index (κ3) is 3.76. The molecular weight excluding hydrogens is 538 g/mol. The number of ether oxygens (including phenoxy) is 1. The molecule has 0 bridgehead atoms. The van der Waals surface area contributed by atoms with Gasteiger partial charge in [-0.3, -0.25) is 14.5 Å². The molecule has 8 nitrogen and oxygen atoms in total. The molecule has 3 aromatic heterocycles. The molecule has 6 aromatic rings. The summed E-state index contributed by atoms with van der Waals surface area (Å²) in [7, 11) is 1.67. The molecule has 1 fully saturated rings. The van der Waals surface area contributed by atoms with Crippen LogP contribution >= 0.6 is 0 Å². The van der Waals surface area contributed by atoms with E-state index in [1.54, 1.807) is 35.9 Å². The second kappa shape index (κ2) is 9.40. The zero-order valence-electron chi connectivity index (χ0n) is 23.7. The van der Waals surface area contributed by atoms with Crippen molar-refractivity contribution in [1.82, 2.24) is 24.5 Å². The summed E-state index contributed by atoms with van der Waals surface area (Å²) in [6, 6.07) is 29.3. The Balaban J connectivity index is 1.26. The summed E-state index contributed by atoms with van der Waals surface area (Å²) in [5.41, 5.74) is 7.09. The van der Waals surface area contributed by atoms with E-state index in [0.29, 0.717) is 24.0 Å². The van der Waals surface area contributed by atoms with E-state index < -0.39 is 5.54 Å². The molecule has 1 aliphatic heterocycles. The Hall–Kier alpha value is -5.21. The van der Waals surface area contributed by atoms with Crippen molar-refractivity contribution >= 4 is 28.5 Å². The van der Waals surface area contributed by atoms with Gasteiger partial charge in [0.1, 0.15) is 0 Å². The van der Waals surface area contributed by atoms with E-state index in [4.69, 9.17) is 9.72 Å². The summed E-state index contributed by atoms with van der Waals surface area (Å²) in [6.07, 6.45) is 2.89. The highest BCUT2D eigenvalue weighted by Gasteiger charge is 2.57. The molecule has 0 atom stereocenters. The molecule has 0 saturated heterocycles. The number of hydrogen-bond acceptors (Lipinski definition) is 6. The van der Waals surface area contributed by atoms with Gasteiger partial charge in [-0.05, 0) is 36.2 Å². The first-order chi connectivity index (χ1) is 21.0. The van der Waals surface area contributed by atoms with Crippen LogP contribution in [0, 0.1) is 6.92 Å². The number of hydrogen-bond donors (Lipinski definition) is 0. The normalized spacial score (nSPS) is 19.7. The van der Waals surface area contributed by atoms with Gasteiger partial charge in [0.2, 0.25) is 0 Å². The first-order valence-electron chi connectivity index (χ1n) is 14.3. The second-order valence-corrected chi connectivity index (χ2v) is 11.3. The van der Waals surface area contributed by atoms with E-state index in [1.807, 2.05) is 61.7 Å². The van der Waals surface area contributed by atoms with E-state index in [2.05, 4.69) is 28.3 Å². The maximum Gasteiger partial charge on any atom is 0.262 e. The maximum atomic E-state index is 13.6. The van der Waals surface area contributed by atoms with Crippen molar-refractivity contribution in [3.05, 3.63) is 120 Å². The largest absolute Gasteiger partial charge is 0.381 e. The van der Waals surface area contributed by atoms with Gasteiger partial charge in [0.05, 0.1) is 34.2 Å². The number of rotatable bonds is 5. The zero-order chi connectivity index (χ0) is 29.3. The van der Waals surface area contributed by atoms with E-state index >= 15 is 0 Å². The first-order valence-corrected chi connectivity index (χ1v) is 14.3. The van der Waals surface area contributed by atoms with Crippen LogP contribution in [-0.4, -0.2) is 49.5 Å². The third-order valence-corrected chi connectivity index (χ3v) is 8.85. The number of aryl methyl sites for hydroxylation is 1. The lowest BCUT2D eigenvalue weighted by Gasteiger charge is -2.51. The van der Waals surface area contributed by atoms with Crippen LogP contribution in [0.4, 0.5) is 0 Å². The van der Waals surface area contributed by atoms with Gasteiger partial charge in [0.15, 0.2) is 11.3 Å². The van der Waals surface area contributed by atoms with Crippen molar-refractivity contribution < 1.29 is 14.3 Å². The fourth-order valence-corrected chi connectivity index (χ4v) is 6.63. The minimum atomic E-state index is -0.782.